The molecule has 5 heteroatoms. The molecule has 126 valence electrons. The third kappa shape index (κ3) is 4.28. The third-order valence-electron chi connectivity index (χ3n) is 4.30. The first-order valence-corrected chi connectivity index (χ1v) is 8.55. The summed E-state index contributed by atoms with van der Waals surface area (Å²) in [5, 5.41) is 13.1. The van der Waals surface area contributed by atoms with E-state index >= 15 is 0 Å². The van der Waals surface area contributed by atoms with E-state index in [0.717, 1.165) is 37.2 Å². The molecule has 0 radical (unpaired) electrons. The predicted octanol–water partition coefficient (Wildman–Crippen LogP) is 3.23. The van der Waals surface area contributed by atoms with E-state index in [1.165, 1.54) is 0 Å². The lowest BCUT2D eigenvalue weighted by atomic mass is 10.1. The number of aliphatic hydroxyl groups is 1. The first-order chi connectivity index (χ1) is 11.6. The minimum Gasteiger partial charge on any atom is -0.393 e. The zero-order chi connectivity index (χ0) is 16.9. The van der Waals surface area contributed by atoms with E-state index in [4.69, 9.17) is 11.6 Å². The number of nitrogens with zero attached hydrogens (tertiary/aromatic N) is 1. The molecule has 1 aliphatic heterocycles. The minimum absolute atomic E-state index is 0.101. The fraction of sp³-hybridized carbons (Fsp3) is 0.316. The summed E-state index contributed by atoms with van der Waals surface area (Å²) in [7, 11) is 0. The zero-order valence-corrected chi connectivity index (χ0v) is 14.2. The van der Waals surface area contributed by atoms with Crippen LogP contribution in [0.2, 0.25) is 5.02 Å². The van der Waals surface area contributed by atoms with E-state index in [0.29, 0.717) is 17.1 Å². The van der Waals surface area contributed by atoms with Gasteiger partial charge in [-0.2, -0.15) is 0 Å². The second kappa shape index (κ2) is 7.69. The molecule has 4 nitrogen and oxygen atoms in total. The Balaban J connectivity index is 1.57. The fourth-order valence-corrected chi connectivity index (χ4v) is 3.09. The first kappa shape index (κ1) is 16.8. The van der Waals surface area contributed by atoms with E-state index in [2.05, 4.69) is 10.2 Å². The van der Waals surface area contributed by atoms with Gasteiger partial charge in [0, 0.05) is 35.9 Å². The van der Waals surface area contributed by atoms with Crippen molar-refractivity contribution in [2.24, 2.45) is 0 Å². The van der Waals surface area contributed by atoms with Gasteiger partial charge in [0.25, 0.3) is 5.91 Å². The van der Waals surface area contributed by atoms with Crippen molar-refractivity contribution < 1.29 is 9.90 Å². The molecule has 0 spiro atoms. The van der Waals surface area contributed by atoms with Crippen LogP contribution in [0, 0.1) is 0 Å². The highest BCUT2D eigenvalue weighted by Gasteiger charge is 2.17. The number of hydrogen-bond acceptors (Lipinski definition) is 3. The van der Waals surface area contributed by atoms with Gasteiger partial charge in [-0.1, -0.05) is 23.7 Å². The second-order valence-corrected chi connectivity index (χ2v) is 6.51. The fourth-order valence-electron chi connectivity index (χ4n) is 2.88. The van der Waals surface area contributed by atoms with Crippen LogP contribution in [0.15, 0.2) is 48.5 Å². The quantitative estimate of drug-likeness (QED) is 0.895. The molecule has 0 bridgehead atoms. The van der Waals surface area contributed by atoms with Crippen LogP contribution in [-0.2, 0) is 6.54 Å². The Morgan fingerprint density at radius 2 is 1.88 bits per heavy atom. The van der Waals surface area contributed by atoms with Crippen molar-refractivity contribution in [1.29, 1.82) is 0 Å². The Hall–Kier alpha value is -2.04. The van der Waals surface area contributed by atoms with Gasteiger partial charge >= 0.3 is 0 Å². The summed E-state index contributed by atoms with van der Waals surface area (Å²) < 4.78 is 0. The van der Waals surface area contributed by atoms with Crippen molar-refractivity contribution in [2.45, 2.75) is 25.5 Å². The molecule has 2 aromatic carbocycles. The van der Waals surface area contributed by atoms with Crippen LogP contribution in [0.5, 0.6) is 0 Å². The summed E-state index contributed by atoms with van der Waals surface area (Å²) in [5.74, 6) is -0.101. The first-order valence-electron chi connectivity index (χ1n) is 8.17. The van der Waals surface area contributed by atoms with Crippen molar-refractivity contribution in [3.63, 3.8) is 0 Å². The number of hydrogen-bond donors (Lipinski definition) is 2. The molecule has 0 aromatic heterocycles. The molecular formula is C19H21ClN2O2. The molecule has 0 aliphatic carbocycles. The normalized spacial score (nSPS) is 15.3. The lowest BCUT2D eigenvalue weighted by Gasteiger charge is -2.31. The van der Waals surface area contributed by atoms with Gasteiger partial charge in [-0.15, -0.1) is 0 Å². The number of carbonyl (C=O) groups is 1. The Morgan fingerprint density at radius 1 is 1.17 bits per heavy atom. The lowest BCUT2D eigenvalue weighted by molar-refractivity contribution is 0.0951. The summed E-state index contributed by atoms with van der Waals surface area (Å²) in [6.45, 7) is 2.15. The molecule has 0 saturated carbocycles. The molecule has 24 heavy (non-hydrogen) atoms. The van der Waals surface area contributed by atoms with Gasteiger partial charge < -0.3 is 15.3 Å². The number of piperidine rings is 1. The molecular weight excluding hydrogens is 324 g/mol. The Labute approximate surface area is 147 Å². The monoisotopic (exact) mass is 344 g/mol. The maximum absolute atomic E-state index is 12.2. The predicted molar refractivity (Wildman–Crippen MR) is 96.5 cm³/mol. The number of anilines is 1. The largest absolute Gasteiger partial charge is 0.393 e. The summed E-state index contributed by atoms with van der Waals surface area (Å²) in [6, 6.07) is 15.1. The number of rotatable bonds is 4. The highest BCUT2D eigenvalue weighted by atomic mass is 35.5. The Bertz CT molecular complexity index is 695. The van der Waals surface area contributed by atoms with Crippen LogP contribution in [0.25, 0.3) is 0 Å². The molecule has 1 amide bonds. The Morgan fingerprint density at radius 3 is 2.54 bits per heavy atom. The summed E-state index contributed by atoms with van der Waals surface area (Å²) in [6.07, 6.45) is 1.40. The van der Waals surface area contributed by atoms with Crippen molar-refractivity contribution in [1.82, 2.24) is 5.32 Å². The molecule has 1 heterocycles. The van der Waals surface area contributed by atoms with Crippen LogP contribution in [0.4, 0.5) is 5.69 Å². The molecule has 1 fully saturated rings. The van der Waals surface area contributed by atoms with Gasteiger partial charge in [-0.25, -0.2) is 0 Å². The van der Waals surface area contributed by atoms with Crippen molar-refractivity contribution in [3.8, 4) is 0 Å². The molecule has 2 aromatic rings. The second-order valence-electron chi connectivity index (χ2n) is 6.08. The number of carbonyl (C=O) groups excluding carboxylic acids is 1. The number of benzene rings is 2. The number of halogens is 1. The number of nitrogens with one attached hydrogen (secondary N) is 1. The number of aliphatic hydroxyl groups excluding tert-OH is 1. The van der Waals surface area contributed by atoms with Crippen LogP contribution in [0.1, 0.15) is 28.8 Å². The van der Waals surface area contributed by atoms with E-state index in [1.54, 1.807) is 0 Å². The van der Waals surface area contributed by atoms with E-state index in [-0.39, 0.29) is 12.0 Å². The van der Waals surface area contributed by atoms with Crippen molar-refractivity contribution >= 4 is 23.2 Å². The van der Waals surface area contributed by atoms with Crippen LogP contribution in [-0.4, -0.2) is 30.2 Å². The smallest absolute Gasteiger partial charge is 0.251 e. The van der Waals surface area contributed by atoms with E-state index in [9.17, 15) is 9.90 Å². The number of amides is 1. The van der Waals surface area contributed by atoms with Gasteiger partial charge in [0.2, 0.25) is 0 Å². The van der Waals surface area contributed by atoms with Crippen LogP contribution < -0.4 is 10.2 Å². The molecule has 1 aliphatic rings. The van der Waals surface area contributed by atoms with Gasteiger partial charge in [0.1, 0.15) is 0 Å². The van der Waals surface area contributed by atoms with Gasteiger partial charge in [-0.05, 0) is 54.8 Å². The van der Waals surface area contributed by atoms with E-state index < -0.39 is 0 Å². The SMILES string of the molecule is O=C(NCc1cccc(Cl)c1)c1ccc(N2CCC(O)CC2)cc1. The van der Waals surface area contributed by atoms with Crippen molar-refractivity contribution in [3.05, 3.63) is 64.7 Å². The maximum Gasteiger partial charge on any atom is 0.251 e. The highest BCUT2D eigenvalue weighted by molar-refractivity contribution is 6.30. The maximum atomic E-state index is 12.2. The topological polar surface area (TPSA) is 52.6 Å². The molecule has 3 rings (SSSR count). The summed E-state index contributed by atoms with van der Waals surface area (Å²) >= 11 is 5.94. The highest BCUT2D eigenvalue weighted by Crippen LogP contribution is 2.20. The molecule has 0 unspecified atom stereocenters. The van der Waals surface area contributed by atoms with E-state index in [1.807, 2.05) is 48.5 Å². The lowest BCUT2D eigenvalue weighted by Crippen LogP contribution is -2.35. The zero-order valence-electron chi connectivity index (χ0n) is 13.4. The molecule has 1 saturated heterocycles. The van der Waals surface area contributed by atoms with Gasteiger partial charge in [0.15, 0.2) is 0 Å². The average Bonchev–Trinajstić information content (AvgIpc) is 2.61. The standard InChI is InChI=1S/C19H21ClN2O2/c20-16-3-1-2-14(12-16)13-21-19(24)15-4-6-17(7-5-15)22-10-8-18(23)9-11-22/h1-7,12,18,23H,8-11,13H2,(H,21,24). The molecule has 2 N–H and O–H groups in total. The van der Waals surface area contributed by atoms with Crippen LogP contribution in [0.3, 0.4) is 0 Å². The average molecular weight is 345 g/mol. The van der Waals surface area contributed by atoms with Crippen LogP contribution >= 0.6 is 11.6 Å². The van der Waals surface area contributed by atoms with Gasteiger partial charge in [-0.3, -0.25) is 4.79 Å². The minimum atomic E-state index is -0.183. The summed E-state index contributed by atoms with van der Waals surface area (Å²) in [5.41, 5.74) is 2.70. The third-order valence-corrected chi connectivity index (χ3v) is 4.54. The Kier molecular flexibility index (Phi) is 5.38. The van der Waals surface area contributed by atoms with Gasteiger partial charge in [0.05, 0.1) is 6.10 Å². The van der Waals surface area contributed by atoms with Crippen molar-refractivity contribution in [2.75, 3.05) is 18.0 Å². The summed E-state index contributed by atoms with van der Waals surface area (Å²) in [4.78, 5) is 14.5. The molecule has 0 atom stereocenters.